The Morgan fingerprint density at radius 2 is 2.18 bits per heavy atom. The molecule has 1 fully saturated rings. The first kappa shape index (κ1) is 20.1. The van der Waals surface area contributed by atoms with Gasteiger partial charge in [-0.3, -0.25) is 4.79 Å². The van der Waals surface area contributed by atoms with Crippen LogP contribution in [0.25, 0.3) is 10.2 Å². The van der Waals surface area contributed by atoms with E-state index in [1.165, 1.54) is 28.6 Å². The second-order valence-electron chi connectivity index (χ2n) is 7.74. The van der Waals surface area contributed by atoms with Crippen LogP contribution >= 0.6 is 23.1 Å². The predicted octanol–water partition coefficient (Wildman–Crippen LogP) is 2.94. The van der Waals surface area contributed by atoms with E-state index < -0.39 is 9.84 Å². The largest absolute Gasteiger partial charge is 0.338 e. The zero-order chi connectivity index (χ0) is 19.9. The molecule has 0 aromatic carbocycles. The van der Waals surface area contributed by atoms with Crippen molar-refractivity contribution in [1.29, 1.82) is 0 Å². The fraction of sp³-hybridized carbons (Fsp3) is 0.632. The molecule has 2 atom stereocenters. The van der Waals surface area contributed by atoms with Crippen molar-refractivity contribution >= 4 is 49.1 Å². The molecule has 0 spiro atoms. The lowest BCUT2D eigenvalue weighted by Gasteiger charge is -2.26. The second-order valence-corrected chi connectivity index (χ2v) is 12.0. The second kappa shape index (κ2) is 7.91. The van der Waals surface area contributed by atoms with Crippen LogP contribution in [-0.2, 0) is 27.5 Å². The van der Waals surface area contributed by atoms with Crippen molar-refractivity contribution in [3.63, 3.8) is 0 Å². The van der Waals surface area contributed by atoms with E-state index in [-0.39, 0.29) is 29.2 Å². The number of nitrogens with zero attached hydrogens (tertiary/aromatic N) is 3. The number of thiophene rings is 1. The van der Waals surface area contributed by atoms with Crippen LogP contribution in [0.1, 0.15) is 37.1 Å². The highest BCUT2D eigenvalue weighted by molar-refractivity contribution is 8.00. The molecule has 1 aliphatic heterocycles. The van der Waals surface area contributed by atoms with Crippen LogP contribution in [0.5, 0.6) is 0 Å². The van der Waals surface area contributed by atoms with Crippen molar-refractivity contribution in [2.24, 2.45) is 5.92 Å². The van der Waals surface area contributed by atoms with Gasteiger partial charge in [0.15, 0.2) is 9.84 Å². The molecule has 2 aliphatic rings. The standard InChI is InChI=1S/C19H25N3O3S3/c1-3-22(13-6-7-28(24,25)10-13)16(23)9-26-18-17-14-5-4-12(2)8-15(14)27-19(17)21-11-20-18/h11-13H,3-10H2,1-2H3/t12-,13+/m1/s1. The zero-order valence-electron chi connectivity index (χ0n) is 16.2. The van der Waals surface area contributed by atoms with Crippen LogP contribution in [0.15, 0.2) is 11.4 Å². The maximum atomic E-state index is 12.8. The molecule has 2 aromatic rings. The van der Waals surface area contributed by atoms with Gasteiger partial charge in [0, 0.05) is 22.8 Å². The highest BCUT2D eigenvalue weighted by atomic mass is 32.2. The molecular formula is C19H25N3O3S3. The minimum absolute atomic E-state index is 0.0147. The summed E-state index contributed by atoms with van der Waals surface area (Å²) in [5, 5.41) is 2.00. The minimum atomic E-state index is -3.01. The van der Waals surface area contributed by atoms with Crippen LogP contribution in [0.2, 0.25) is 0 Å². The quantitative estimate of drug-likeness (QED) is 0.526. The first-order valence-electron chi connectivity index (χ1n) is 9.76. The minimum Gasteiger partial charge on any atom is -0.338 e. The molecule has 1 amide bonds. The van der Waals surface area contributed by atoms with Gasteiger partial charge in [0.2, 0.25) is 5.91 Å². The summed E-state index contributed by atoms with van der Waals surface area (Å²) in [7, 11) is -3.01. The van der Waals surface area contributed by atoms with E-state index in [4.69, 9.17) is 0 Å². The van der Waals surface area contributed by atoms with E-state index in [1.54, 1.807) is 22.6 Å². The average molecular weight is 440 g/mol. The van der Waals surface area contributed by atoms with E-state index in [0.717, 1.165) is 28.1 Å². The summed E-state index contributed by atoms with van der Waals surface area (Å²) in [6.45, 7) is 4.73. The number of aromatic nitrogens is 2. The molecule has 6 nitrogen and oxygen atoms in total. The molecule has 1 aliphatic carbocycles. The Labute approximate surface area is 174 Å². The van der Waals surface area contributed by atoms with Crippen molar-refractivity contribution in [1.82, 2.24) is 14.9 Å². The Bertz CT molecular complexity index is 1000. The van der Waals surface area contributed by atoms with Crippen molar-refractivity contribution in [2.45, 2.75) is 50.6 Å². The highest BCUT2D eigenvalue weighted by Crippen LogP contribution is 2.40. The third-order valence-electron chi connectivity index (χ3n) is 5.70. The number of aryl methyl sites for hydroxylation is 1. The molecule has 0 unspecified atom stereocenters. The molecule has 3 heterocycles. The lowest BCUT2D eigenvalue weighted by Crippen LogP contribution is -2.41. The summed E-state index contributed by atoms with van der Waals surface area (Å²) in [5.41, 5.74) is 1.36. The Morgan fingerprint density at radius 1 is 1.36 bits per heavy atom. The number of rotatable bonds is 5. The lowest BCUT2D eigenvalue weighted by atomic mass is 9.89. The van der Waals surface area contributed by atoms with Crippen LogP contribution < -0.4 is 0 Å². The van der Waals surface area contributed by atoms with Gasteiger partial charge in [-0.2, -0.15) is 0 Å². The molecule has 0 saturated carbocycles. The van der Waals surface area contributed by atoms with E-state index in [1.807, 2.05) is 6.92 Å². The van der Waals surface area contributed by atoms with Crippen LogP contribution in [0, 0.1) is 5.92 Å². The first-order chi connectivity index (χ1) is 13.4. The van der Waals surface area contributed by atoms with Crippen LogP contribution in [0.3, 0.4) is 0 Å². The average Bonchev–Trinajstić information content (AvgIpc) is 3.19. The number of carbonyl (C=O) groups excluding carboxylic acids is 1. The number of amides is 1. The Kier molecular flexibility index (Phi) is 5.68. The maximum absolute atomic E-state index is 12.8. The van der Waals surface area contributed by atoms with Gasteiger partial charge >= 0.3 is 0 Å². The fourth-order valence-electron chi connectivity index (χ4n) is 4.23. The van der Waals surface area contributed by atoms with Gasteiger partial charge in [0.05, 0.1) is 17.3 Å². The molecule has 0 radical (unpaired) electrons. The van der Waals surface area contributed by atoms with Gasteiger partial charge in [0.1, 0.15) is 16.2 Å². The zero-order valence-corrected chi connectivity index (χ0v) is 18.6. The number of hydrogen-bond acceptors (Lipinski definition) is 7. The van der Waals surface area contributed by atoms with Gasteiger partial charge in [-0.05, 0) is 44.1 Å². The summed E-state index contributed by atoms with van der Waals surface area (Å²) in [4.78, 5) is 25.9. The number of hydrogen-bond donors (Lipinski definition) is 0. The summed E-state index contributed by atoms with van der Waals surface area (Å²) in [6.07, 6.45) is 5.45. The molecule has 0 N–H and O–H groups in total. The number of sulfone groups is 1. The Hall–Kier alpha value is -1.19. The Morgan fingerprint density at radius 3 is 2.89 bits per heavy atom. The monoisotopic (exact) mass is 439 g/mol. The highest BCUT2D eigenvalue weighted by Gasteiger charge is 2.34. The van der Waals surface area contributed by atoms with Crippen LogP contribution in [-0.4, -0.2) is 59.0 Å². The van der Waals surface area contributed by atoms with E-state index in [2.05, 4.69) is 16.9 Å². The van der Waals surface area contributed by atoms with Gasteiger partial charge < -0.3 is 4.90 Å². The smallest absolute Gasteiger partial charge is 0.233 e. The topological polar surface area (TPSA) is 80.2 Å². The van der Waals surface area contributed by atoms with Gasteiger partial charge in [-0.25, -0.2) is 18.4 Å². The third-order valence-corrected chi connectivity index (χ3v) is 9.59. The number of thioether (sulfide) groups is 1. The molecule has 4 rings (SSSR count). The Balaban J connectivity index is 1.52. The van der Waals surface area contributed by atoms with Crippen LogP contribution in [0.4, 0.5) is 0 Å². The summed E-state index contributed by atoms with van der Waals surface area (Å²) < 4.78 is 23.6. The van der Waals surface area contributed by atoms with E-state index in [0.29, 0.717) is 18.9 Å². The van der Waals surface area contributed by atoms with Gasteiger partial charge in [0.25, 0.3) is 0 Å². The van der Waals surface area contributed by atoms with Crippen molar-refractivity contribution in [2.75, 3.05) is 23.8 Å². The summed E-state index contributed by atoms with van der Waals surface area (Å²) in [6, 6.07) is -0.191. The SMILES string of the molecule is CCN(C(=O)CSc1ncnc2sc3c(c12)CC[C@@H](C)C3)[C@H]1CCS(=O)(=O)C1. The predicted molar refractivity (Wildman–Crippen MR) is 114 cm³/mol. The van der Waals surface area contributed by atoms with E-state index >= 15 is 0 Å². The van der Waals surface area contributed by atoms with Crippen molar-refractivity contribution < 1.29 is 13.2 Å². The molecular weight excluding hydrogens is 414 g/mol. The molecule has 0 bridgehead atoms. The molecule has 28 heavy (non-hydrogen) atoms. The van der Waals surface area contributed by atoms with Gasteiger partial charge in [-0.15, -0.1) is 11.3 Å². The first-order valence-corrected chi connectivity index (χ1v) is 13.4. The number of fused-ring (bicyclic) bond motifs is 3. The lowest BCUT2D eigenvalue weighted by molar-refractivity contribution is -0.129. The van der Waals surface area contributed by atoms with Gasteiger partial charge in [-0.1, -0.05) is 18.7 Å². The van der Waals surface area contributed by atoms with Crippen molar-refractivity contribution in [3.8, 4) is 0 Å². The molecule has 9 heteroatoms. The fourth-order valence-corrected chi connectivity index (χ4v) is 8.29. The molecule has 1 saturated heterocycles. The summed E-state index contributed by atoms with van der Waals surface area (Å²) in [5.74, 6) is 1.23. The van der Waals surface area contributed by atoms with E-state index in [9.17, 15) is 13.2 Å². The molecule has 2 aromatic heterocycles. The maximum Gasteiger partial charge on any atom is 0.233 e. The number of carbonyl (C=O) groups is 1. The van der Waals surface area contributed by atoms with Crippen molar-refractivity contribution in [3.05, 3.63) is 16.8 Å². The normalized spacial score (nSPS) is 23.6. The third kappa shape index (κ3) is 3.93. The summed E-state index contributed by atoms with van der Waals surface area (Å²) >= 11 is 3.21. The molecule has 152 valence electrons.